The lowest BCUT2D eigenvalue weighted by molar-refractivity contribution is 0.120. The molecule has 1 saturated carbocycles. The molecule has 18 heavy (non-hydrogen) atoms. The maximum atomic E-state index is 5.85. The molecular weight excluding hydrogens is 292 g/mol. The molecule has 0 N–H and O–H groups in total. The van der Waals surface area contributed by atoms with Gasteiger partial charge in [-0.3, -0.25) is 4.68 Å². The van der Waals surface area contributed by atoms with Crippen LogP contribution in [0.15, 0.2) is 34.9 Å². The van der Waals surface area contributed by atoms with Crippen LogP contribution in [0.5, 0.6) is 5.75 Å². The maximum absolute atomic E-state index is 5.85. The van der Waals surface area contributed by atoms with Gasteiger partial charge in [-0.05, 0) is 59.5 Å². The largest absolute Gasteiger partial charge is 0.490 e. The average molecular weight is 307 g/mol. The zero-order chi connectivity index (χ0) is 12.5. The summed E-state index contributed by atoms with van der Waals surface area (Å²) in [7, 11) is 1.94. The third kappa shape index (κ3) is 2.17. The lowest BCUT2D eigenvalue weighted by Crippen LogP contribution is -2.24. The molecule has 94 valence electrons. The summed E-state index contributed by atoms with van der Waals surface area (Å²) in [6, 6.07) is 8.23. The molecule has 1 aromatic carbocycles. The molecule has 1 aliphatic carbocycles. The summed E-state index contributed by atoms with van der Waals surface area (Å²) >= 11 is 3.52. The highest BCUT2D eigenvalue weighted by Gasteiger charge is 2.19. The minimum Gasteiger partial charge on any atom is -0.490 e. The molecular formula is C14H15BrN2O. The molecule has 0 atom stereocenters. The predicted octanol–water partition coefficient (Wildman–Crippen LogP) is 3.78. The minimum absolute atomic E-state index is 0.430. The molecule has 0 radical (unpaired) electrons. The maximum Gasteiger partial charge on any atom is 0.119 e. The first-order chi connectivity index (χ1) is 8.74. The number of ether oxygens (including phenoxy) is 1. The van der Waals surface area contributed by atoms with Gasteiger partial charge in [0.1, 0.15) is 5.75 Å². The molecule has 1 aromatic heterocycles. The lowest BCUT2D eigenvalue weighted by Gasteiger charge is -2.26. The SMILES string of the molecule is Cn1ncc(Br)c1-c1ccc(OC2CCC2)cc1. The van der Waals surface area contributed by atoms with Gasteiger partial charge in [0.15, 0.2) is 0 Å². The van der Waals surface area contributed by atoms with Gasteiger partial charge < -0.3 is 4.74 Å². The Kier molecular flexibility index (Phi) is 3.12. The number of hydrogen-bond donors (Lipinski definition) is 0. The van der Waals surface area contributed by atoms with Crippen LogP contribution < -0.4 is 4.74 Å². The van der Waals surface area contributed by atoms with Gasteiger partial charge in [-0.2, -0.15) is 5.10 Å². The number of rotatable bonds is 3. The normalized spacial score (nSPS) is 15.4. The Morgan fingerprint density at radius 1 is 1.28 bits per heavy atom. The summed E-state index contributed by atoms with van der Waals surface area (Å²) in [5, 5.41) is 4.22. The van der Waals surface area contributed by atoms with E-state index in [0.717, 1.165) is 21.5 Å². The van der Waals surface area contributed by atoms with Crippen molar-refractivity contribution in [2.24, 2.45) is 7.05 Å². The van der Waals surface area contributed by atoms with E-state index in [4.69, 9.17) is 4.74 Å². The fraction of sp³-hybridized carbons (Fsp3) is 0.357. The van der Waals surface area contributed by atoms with Gasteiger partial charge in [0.05, 0.1) is 22.5 Å². The molecule has 1 heterocycles. The number of halogens is 1. The Hall–Kier alpha value is -1.29. The van der Waals surface area contributed by atoms with Crippen LogP contribution in [0.2, 0.25) is 0 Å². The van der Waals surface area contributed by atoms with Crippen molar-refractivity contribution in [3.63, 3.8) is 0 Å². The average Bonchev–Trinajstić information content (AvgIpc) is 2.65. The predicted molar refractivity (Wildman–Crippen MR) is 74.6 cm³/mol. The van der Waals surface area contributed by atoms with Crippen LogP contribution in [0.25, 0.3) is 11.3 Å². The van der Waals surface area contributed by atoms with Crippen LogP contribution in [0, 0.1) is 0 Å². The van der Waals surface area contributed by atoms with E-state index in [2.05, 4.69) is 33.2 Å². The number of aryl methyl sites for hydroxylation is 1. The molecule has 0 bridgehead atoms. The zero-order valence-electron chi connectivity index (χ0n) is 10.3. The molecule has 2 aromatic rings. The summed E-state index contributed by atoms with van der Waals surface area (Å²) in [4.78, 5) is 0. The number of nitrogens with zero attached hydrogens (tertiary/aromatic N) is 2. The fourth-order valence-corrected chi connectivity index (χ4v) is 2.69. The van der Waals surface area contributed by atoms with Gasteiger partial charge in [0.2, 0.25) is 0 Å². The van der Waals surface area contributed by atoms with Crippen LogP contribution in [-0.4, -0.2) is 15.9 Å². The fourth-order valence-electron chi connectivity index (χ4n) is 2.11. The summed E-state index contributed by atoms with van der Waals surface area (Å²) in [6.45, 7) is 0. The molecule has 3 rings (SSSR count). The first kappa shape index (κ1) is 11.8. The second-order valence-electron chi connectivity index (χ2n) is 4.66. The van der Waals surface area contributed by atoms with Crippen molar-refractivity contribution >= 4 is 15.9 Å². The minimum atomic E-state index is 0.430. The van der Waals surface area contributed by atoms with Crippen molar-refractivity contribution in [1.82, 2.24) is 9.78 Å². The van der Waals surface area contributed by atoms with E-state index >= 15 is 0 Å². The second kappa shape index (κ2) is 4.76. The summed E-state index contributed by atoms with van der Waals surface area (Å²) < 4.78 is 8.73. The molecule has 0 spiro atoms. The van der Waals surface area contributed by atoms with Crippen molar-refractivity contribution in [2.45, 2.75) is 25.4 Å². The summed E-state index contributed by atoms with van der Waals surface area (Å²) in [5.74, 6) is 0.960. The summed E-state index contributed by atoms with van der Waals surface area (Å²) in [6.07, 6.45) is 5.92. The highest BCUT2D eigenvalue weighted by atomic mass is 79.9. The molecule has 1 fully saturated rings. The second-order valence-corrected chi connectivity index (χ2v) is 5.51. The molecule has 0 saturated heterocycles. The number of hydrogen-bond acceptors (Lipinski definition) is 2. The van der Waals surface area contributed by atoms with Gasteiger partial charge in [0, 0.05) is 12.6 Å². The van der Waals surface area contributed by atoms with E-state index in [9.17, 15) is 0 Å². The molecule has 0 unspecified atom stereocenters. The third-order valence-electron chi connectivity index (χ3n) is 3.38. The van der Waals surface area contributed by atoms with Crippen molar-refractivity contribution in [2.75, 3.05) is 0 Å². The van der Waals surface area contributed by atoms with E-state index in [0.29, 0.717) is 6.10 Å². The van der Waals surface area contributed by atoms with E-state index in [1.165, 1.54) is 19.3 Å². The van der Waals surface area contributed by atoms with Gasteiger partial charge in [-0.1, -0.05) is 0 Å². The Bertz CT molecular complexity index is 524. The zero-order valence-corrected chi connectivity index (χ0v) is 11.9. The Balaban J connectivity index is 1.82. The Labute approximate surface area is 115 Å². The van der Waals surface area contributed by atoms with E-state index < -0.39 is 0 Å². The van der Waals surface area contributed by atoms with Gasteiger partial charge in [0.25, 0.3) is 0 Å². The molecule has 0 amide bonds. The van der Waals surface area contributed by atoms with Crippen molar-refractivity contribution < 1.29 is 4.74 Å². The number of benzene rings is 1. The molecule has 4 heteroatoms. The van der Waals surface area contributed by atoms with E-state index in [-0.39, 0.29) is 0 Å². The highest BCUT2D eigenvalue weighted by molar-refractivity contribution is 9.10. The van der Waals surface area contributed by atoms with Crippen molar-refractivity contribution in [3.8, 4) is 17.0 Å². The first-order valence-corrected chi connectivity index (χ1v) is 6.98. The monoisotopic (exact) mass is 306 g/mol. The van der Waals surface area contributed by atoms with Crippen LogP contribution >= 0.6 is 15.9 Å². The van der Waals surface area contributed by atoms with Crippen LogP contribution in [0.4, 0.5) is 0 Å². The van der Waals surface area contributed by atoms with Gasteiger partial charge >= 0.3 is 0 Å². The van der Waals surface area contributed by atoms with Crippen molar-refractivity contribution in [3.05, 3.63) is 34.9 Å². The van der Waals surface area contributed by atoms with Crippen molar-refractivity contribution in [1.29, 1.82) is 0 Å². The van der Waals surface area contributed by atoms with Crippen LogP contribution in [0.3, 0.4) is 0 Å². The van der Waals surface area contributed by atoms with Gasteiger partial charge in [-0.15, -0.1) is 0 Å². The lowest BCUT2D eigenvalue weighted by atomic mass is 9.96. The highest BCUT2D eigenvalue weighted by Crippen LogP contribution is 2.30. The molecule has 1 aliphatic rings. The first-order valence-electron chi connectivity index (χ1n) is 6.18. The quantitative estimate of drug-likeness (QED) is 0.863. The van der Waals surface area contributed by atoms with E-state index in [1.807, 2.05) is 30.1 Å². The third-order valence-corrected chi connectivity index (χ3v) is 3.96. The Morgan fingerprint density at radius 2 is 2.00 bits per heavy atom. The Morgan fingerprint density at radius 3 is 2.50 bits per heavy atom. The standard InChI is InChI=1S/C14H15BrN2O/c1-17-14(13(15)9-16-17)10-5-7-12(8-6-10)18-11-3-2-4-11/h5-9,11H,2-4H2,1H3. The van der Waals surface area contributed by atoms with Crippen LogP contribution in [-0.2, 0) is 7.05 Å². The number of aromatic nitrogens is 2. The smallest absolute Gasteiger partial charge is 0.119 e. The van der Waals surface area contributed by atoms with E-state index in [1.54, 1.807) is 0 Å². The van der Waals surface area contributed by atoms with Gasteiger partial charge in [-0.25, -0.2) is 0 Å². The molecule has 3 nitrogen and oxygen atoms in total. The molecule has 0 aliphatic heterocycles. The van der Waals surface area contributed by atoms with Crippen LogP contribution in [0.1, 0.15) is 19.3 Å². The summed E-state index contributed by atoms with van der Waals surface area (Å²) in [5.41, 5.74) is 2.23. The topological polar surface area (TPSA) is 27.1 Å².